The highest BCUT2D eigenvalue weighted by molar-refractivity contribution is 7.12. The number of nitrogens with one attached hydrogen (secondary N) is 1. The van der Waals surface area contributed by atoms with E-state index in [-0.39, 0.29) is 15.3 Å². The van der Waals surface area contributed by atoms with Crippen molar-refractivity contribution in [1.29, 1.82) is 0 Å². The van der Waals surface area contributed by atoms with Gasteiger partial charge in [-0.3, -0.25) is 14.7 Å². The maximum absolute atomic E-state index is 13.9. The highest BCUT2D eigenvalue weighted by atomic mass is 32.1. The Hall–Kier alpha value is -2.46. The van der Waals surface area contributed by atoms with Crippen LogP contribution >= 0.6 is 11.3 Å². The molecule has 26 heavy (non-hydrogen) atoms. The largest absolute Gasteiger partial charge is 0.437 e. The van der Waals surface area contributed by atoms with Gasteiger partial charge in [-0.2, -0.15) is 13.2 Å². The third kappa shape index (κ3) is 2.74. The lowest BCUT2D eigenvalue weighted by Gasteiger charge is -2.49. The average Bonchev–Trinajstić information content (AvgIpc) is 3.13. The zero-order valence-electron chi connectivity index (χ0n) is 13.4. The zero-order chi connectivity index (χ0) is 19.1. The van der Waals surface area contributed by atoms with Crippen molar-refractivity contribution in [2.45, 2.75) is 17.9 Å². The fraction of sp³-hybridized carbons (Fsp3) is 0.312. The molecule has 2 aromatic heterocycles. The van der Waals surface area contributed by atoms with Gasteiger partial charge in [0.25, 0.3) is 5.72 Å². The van der Waals surface area contributed by atoms with E-state index in [1.54, 1.807) is 5.38 Å². The Morgan fingerprint density at radius 3 is 2.65 bits per heavy atom. The van der Waals surface area contributed by atoms with Crippen molar-refractivity contribution in [3.63, 3.8) is 0 Å². The molecule has 0 aliphatic carbocycles. The van der Waals surface area contributed by atoms with E-state index >= 15 is 0 Å². The molecule has 3 atom stereocenters. The van der Waals surface area contributed by atoms with Crippen molar-refractivity contribution >= 4 is 23.2 Å². The first-order chi connectivity index (χ1) is 12.2. The van der Waals surface area contributed by atoms with E-state index in [4.69, 9.17) is 0 Å². The number of hydrogen-bond acceptors (Lipinski definition) is 5. The Morgan fingerprint density at radius 2 is 2.12 bits per heavy atom. The van der Waals surface area contributed by atoms with Gasteiger partial charge in [-0.1, -0.05) is 12.1 Å². The number of ketones is 1. The molecule has 6 nitrogen and oxygen atoms in total. The minimum atomic E-state index is -5.25. The summed E-state index contributed by atoms with van der Waals surface area (Å²) in [6, 6.07) is 3.27. The van der Waals surface area contributed by atoms with Gasteiger partial charge >= 0.3 is 12.2 Å². The standard InChI is InChI=1S/C16H14F3N3O3S/c1-22-14(24)21-12(9-4-2-6-20-8-9)11(15(22,25)16(17,18)19)13(23)10-5-3-7-26-10/h2-8,11-12,25H,1H3,(H,21,24)/t11-,12-,15-/m1/s1. The Morgan fingerprint density at radius 1 is 1.38 bits per heavy atom. The second kappa shape index (κ2) is 6.36. The molecule has 1 fully saturated rings. The lowest BCUT2D eigenvalue weighted by molar-refractivity contribution is -0.322. The Bertz CT molecular complexity index is 813. The summed E-state index contributed by atoms with van der Waals surface area (Å²) in [6.45, 7) is 0. The molecule has 0 bridgehead atoms. The number of alkyl halides is 3. The molecule has 0 radical (unpaired) electrons. The highest BCUT2D eigenvalue weighted by Crippen LogP contribution is 2.47. The smallest absolute Gasteiger partial charge is 0.363 e. The van der Waals surface area contributed by atoms with Crippen molar-refractivity contribution in [3.05, 3.63) is 52.5 Å². The number of carbonyl (C=O) groups excluding carboxylic acids is 2. The molecule has 1 aliphatic heterocycles. The normalized spacial score (nSPS) is 26.5. The van der Waals surface area contributed by atoms with Crippen LogP contribution in [0.25, 0.3) is 0 Å². The van der Waals surface area contributed by atoms with Crippen LogP contribution in [0.15, 0.2) is 42.0 Å². The topological polar surface area (TPSA) is 82.5 Å². The van der Waals surface area contributed by atoms with Crippen LogP contribution in [0.3, 0.4) is 0 Å². The van der Waals surface area contributed by atoms with Gasteiger partial charge in [0, 0.05) is 19.4 Å². The lowest BCUT2D eigenvalue weighted by Crippen LogP contribution is -2.72. The number of nitrogens with zero attached hydrogens (tertiary/aromatic N) is 2. The molecule has 0 aromatic carbocycles. The van der Waals surface area contributed by atoms with Crippen molar-refractivity contribution < 1.29 is 27.9 Å². The molecule has 1 aliphatic rings. The molecule has 2 aromatic rings. The number of thiophene rings is 1. The van der Waals surface area contributed by atoms with E-state index in [0.29, 0.717) is 0 Å². The van der Waals surface area contributed by atoms with E-state index in [9.17, 15) is 27.9 Å². The molecule has 0 saturated carbocycles. The first kappa shape index (κ1) is 18.3. The molecule has 1 saturated heterocycles. The minimum absolute atomic E-state index is 0.0520. The number of halogens is 3. The molecular weight excluding hydrogens is 371 g/mol. The number of amides is 2. The number of Topliss-reactive ketones (excluding diaryl/α,β-unsaturated/α-hetero) is 1. The van der Waals surface area contributed by atoms with Crippen LogP contribution in [0.2, 0.25) is 0 Å². The van der Waals surface area contributed by atoms with E-state index in [1.807, 2.05) is 0 Å². The van der Waals surface area contributed by atoms with Crippen LogP contribution < -0.4 is 5.32 Å². The van der Waals surface area contributed by atoms with Crippen LogP contribution in [0.5, 0.6) is 0 Å². The van der Waals surface area contributed by atoms with Gasteiger partial charge in [0.15, 0.2) is 5.78 Å². The van der Waals surface area contributed by atoms with Crippen molar-refractivity contribution in [1.82, 2.24) is 15.2 Å². The van der Waals surface area contributed by atoms with Crippen LogP contribution in [-0.4, -0.2) is 45.8 Å². The summed E-state index contributed by atoms with van der Waals surface area (Å²) in [5.41, 5.74) is -3.48. The molecule has 2 N–H and O–H groups in total. The van der Waals surface area contributed by atoms with Gasteiger partial charge in [-0.05, 0) is 23.1 Å². The molecule has 3 rings (SSSR count). The quantitative estimate of drug-likeness (QED) is 0.796. The predicted octanol–water partition coefficient (Wildman–Crippen LogP) is 2.59. The van der Waals surface area contributed by atoms with Gasteiger partial charge in [0.2, 0.25) is 0 Å². The predicted molar refractivity (Wildman–Crippen MR) is 86.4 cm³/mol. The summed E-state index contributed by atoms with van der Waals surface area (Å²) >= 11 is 0.960. The lowest BCUT2D eigenvalue weighted by atomic mass is 9.78. The number of aromatic nitrogens is 1. The van der Waals surface area contributed by atoms with Crippen LogP contribution in [0.4, 0.5) is 18.0 Å². The molecule has 0 unspecified atom stereocenters. The SMILES string of the molecule is CN1C(=O)N[C@H](c2cccnc2)[C@H](C(=O)c2cccs2)[C@@]1(O)C(F)(F)F. The molecule has 3 heterocycles. The number of pyridine rings is 1. The number of aliphatic hydroxyl groups is 1. The Balaban J connectivity index is 2.20. The number of rotatable bonds is 3. The van der Waals surface area contributed by atoms with E-state index in [0.717, 1.165) is 18.4 Å². The highest BCUT2D eigenvalue weighted by Gasteiger charge is 2.69. The summed E-state index contributed by atoms with van der Waals surface area (Å²) in [6.07, 6.45) is -2.59. The van der Waals surface area contributed by atoms with Gasteiger partial charge in [-0.25, -0.2) is 4.79 Å². The fourth-order valence-electron chi connectivity index (χ4n) is 3.02. The molecule has 138 valence electrons. The van der Waals surface area contributed by atoms with Gasteiger partial charge < -0.3 is 10.4 Å². The van der Waals surface area contributed by atoms with Crippen LogP contribution in [0.1, 0.15) is 21.3 Å². The fourth-order valence-corrected chi connectivity index (χ4v) is 3.72. The van der Waals surface area contributed by atoms with E-state index in [2.05, 4.69) is 10.3 Å². The maximum Gasteiger partial charge on any atom is 0.437 e. The molecule has 10 heteroatoms. The summed E-state index contributed by atoms with van der Waals surface area (Å²) in [7, 11) is 0.803. The summed E-state index contributed by atoms with van der Waals surface area (Å²) in [4.78, 5) is 29.0. The zero-order valence-corrected chi connectivity index (χ0v) is 14.2. The first-order valence-corrected chi connectivity index (χ1v) is 8.37. The third-order valence-corrected chi connectivity index (χ3v) is 5.25. The summed E-state index contributed by atoms with van der Waals surface area (Å²) < 4.78 is 41.6. The average molecular weight is 385 g/mol. The monoisotopic (exact) mass is 385 g/mol. The molecule has 0 spiro atoms. The maximum atomic E-state index is 13.9. The number of hydrogen-bond donors (Lipinski definition) is 2. The summed E-state index contributed by atoms with van der Waals surface area (Å²) in [5.74, 6) is -2.92. The third-order valence-electron chi connectivity index (χ3n) is 4.37. The minimum Gasteiger partial charge on any atom is -0.363 e. The molecular formula is C16H14F3N3O3S. The van der Waals surface area contributed by atoms with Gasteiger partial charge in [-0.15, -0.1) is 11.3 Å². The summed E-state index contributed by atoms with van der Waals surface area (Å²) in [5, 5.41) is 14.5. The van der Waals surface area contributed by atoms with Crippen molar-refractivity contribution in [2.75, 3.05) is 7.05 Å². The van der Waals surface area contributed by atoms with Crippen molar-refractivity contribution in [2.24, 2.45) is 5.92 Å². The Labute approximate surface area is 150 Å². The van der Waals surface area contributed by atoms with Crippen LogP contribution in [0, 0.1) is 5.92 Å². The second-order valence-electron chi connectivity index (χ2n) is 5.82. The number of urea groups is 1. The van der Waals surface area contributed by atoms with Gasteiger partial charge in [0.1, 0.15) is 5.92 Å². The second-order valence-corrected chi connectivity index (χ2v) is 6.76. The Kier molecular flexibility index (Phi) is 4.49. The van der Waals surface area contributed by atoms with Gasteiger partial charge in [0.05, 0.1) is 10.9 Å². The van der Waals surface area contributed by atoms with E-state index < -0.39 is 35.7 Å². The number of carbonyl (C=O) groups is 2. The first-order valence-electron chi connectivity index (χ1n) is 7.49. The van der Waals surface area contributed by atoms with Crippen LogP contribution in [-0.2, 0) is 0 Å². The van der Waals surface area contributed by atoms with Crippen molar-refractivity contribution in [3.8, 4) is 0 Å². The van der Waals surface area contributed by atoms with E-state index in [1.165, 1.54) is 36.7 Å². The molecule has 2 amide bonds.